The molecule has 2 rings (SSSR count). The minimum atomic E-state index is -4.26. The number of benzene rings is 1. The molecule has 14 heavy (non-hydrogen) atoms. The second-order valence-corrected chi connectivity index (χ2v) is 3.34. The first-order chi connectivity index (χ1) is 6.52. The van der Waals surface area contributed by atoms with Gasteiger partial charge in [0.05, 0.1) is 11.7 Å². The van der Waals surface area contributed by atoms with E-state index < -0.39 is 11.7 Å². The van der Waals surface area contributed by atoms with Crippen molar-refractivity contribution >= 4 is 0 Å². The van der Waals surface area contributed by atoms with Gasteiger partial charge in [0.2, 0.25) is 0 Å². The molecule has 0 heterocycles. The SMILES string of the molecule is COC1Cc2ccc(C(F)(F)F)cc21. The highest BCUT2D eigenvalue weighted by Crippen LogP contribution is 2.39. The molecule has 76 valence electrons. The van der Waals surface area contributed by atoms with Gasteiger partial charge in [-0.05, 0) is 23.3 Å². The van der Waals surface area contributed by atoms with Gasteiger partial charge in [-0.15, -0.1) is 0 Å². The van der Waals surface area contributed by atoms with Crippen molar-refractivity contribution in [2.45, 2.75) is 18.7 Å². The largest absolute Gasteiger partial charge is 0.416 e. The minimum Gasteiger partial charge on any atom is -0.376 e. The van der Waals surface area contributed by atoms with Crippen LogP contribution in [0.3, 0.4) is 0 Å². The third kappa shape index (κ3) is 1.39. The van der Waals surface area contributed by atoms with Crippen LogP contribution in [0.2, 0.25) is 0 Å². The lowest BCUT2D eigenvalue weighted by molar-refractivity contribution is -0.137. The van der Waals surface area contributed by atoms with Gasteiger partial charge in [0.1, 0.15) is 0 Å². The molecule has 0 amide bonds. The molecule has 1 aromatic carbocycles. The van der Waals surface area contributed by atoms with Crippen LogP contribution in [-0.2, 0) is 17.3 Å². The highest BCUT2D eigenvalue weighted by molar-refractivity contribution is 5.42. The van der Waals surface area contributed by atoms with Crippen LogP contribution in [0.15, 0.2) is 18.2 Å². The van der Waals surface area contributed by atoms with Crippen LogP contribution in [0, 0.1) is 0 Å². The summed E-state index contributed by atoms with van der Waals surface area (Å²) in [5.41, 5.74) is 1.02. The van der Waals surface area contributed by atoms with Gasteiger partial charge in [-0.1, -0.05) is 6.07 Å². The van der Waals surface area contributed by atoms with Gasteiger partial charge in [-0.25, -0.2) is 0 Å². The standard InChI is InChI=1S/C10H9F3O/c1-14-9-4-6-2-3-7(5-8(6)9)10(11,12)13/h2-3,5,9H,4H2,1H3. The first-order valence-corrected chi connectivity index (χ1v) is 4.25. The predicted octanol–water partition coefficient (Wildman–Crippen LogP) is 2.95. The minimum absolute atomic E-state index is 0.160. The number of hydrogen-bond donors (Lipinski definition) is 0. The van der Waals surface area contributed by atoms with E-state index in [1.165, 1.54) is 19.2 Å². The molecule has 0 saturated carbocycles. The molecule has 0 radical (unpaired) electrons. The van der Waals surface area contributed by atoms with Crippen molar-refractivity contribution in [3.05, 3.63) is 34.9 Å². The Morgan fingerprint density at radius 3 is 2.64 bits per heavy atom. The van der Waals surface area contributed by atoms with E-state index in [2.05, 4.69) is 0 Å². The number of hydrogen-bond acceptors (Lipinski definition) is 1. The molecule has 4 heteroatoms. The zero-order chi connectivity index (χ0) is 10.3. The second kappa shape index (κ2) is 2.98. The summed E-state index contributed by atoms with van der Waals surface area (Å²) in [4.78, 5) is 0. The molecule has 0 spiro atoms. The molecule has 0 aliphatic heterocycles. The van der Waals surface area contributed by atoms with Gasteiger partial charge in [0.25, 0.3) is 0 Å². The molecule has 0 aromatic heterocycles. The van der Waals surface area contributed by atoms with Crippen LogP contribution >= 0.6 is 0 Å². The van der Waals surface area contributed by atoms with Crippen molar-refractivity contribution in [3.63, 3.8) is 0 Å². The van der Waals surface area contributed by atoms with E-state index in [0.717, 1.165) is 11.6 Å². The van der Waals surface area contributed by atoms with Crippen LogP contribution < -0.4 is 0 Å². The summed E-state index contributed by atoms with van der Waals surface area (Å²) in [6.45, 7) is 0. The van der Waals surface area contributed by atoms with Gasteiger partial charge < -0.3 is 4.74 Å². The number of rotatable bonds is 1. The quantitative estimate of drug-likeness (QED) is 0.680. The van der Waals surface area contributed by atoms with Crippen LogP contribution in [0.5, 0.6) is 0 Å². The van der Waals surface area contributed by atoms with E-state index >= 15 is 0 Å². The van der Waals surface area contributed by atoms with Gasteiger partial charge in [0.15, 0.2) is 0 Å². The predicted molar refractivity (Wildman–Crippen MR) is 44.9 cm³/mol. The molecular formula is C10H9F3O. The van der Waals surface area contributed by atoms with Crippen molar-refractivity contribution < 1.29 is 17.9 Å². The van der Waals surface area contributed by atoms with Gasteiger partial charge in [-0.3, -0.25) is 0 Å². The number of methoxy groups -OCH3 is 1. The monoisotopic (exact) mass is 202 g/mol. The second-order valence-electron chi connectivity index (χ2n) is 3.34. The number of fused-ring (bicyclic) bond motifs is 1. The van der Waals surface area contributed by atoms with E-state index in [0.29, 0.717) is 12.0 Å². The van der Waals surface area contributed by atoms with Gasteiger partial charge in [-0.2, -0.15) is 13.2 Å². The Labute approximate surface area is 79.5 Å². The molecule has 1 aliphatic rings. The van der Waals surface area contributed by atoms with Gasteiger partial charge >= 0.3 is 6.18 Å². The maximum absolute atomic E-state index is 12.3. The Morgan fingerprint density at radius 1 is 1.36 bits per heavy atom. The van der Waals surface area contributed by atoms with Crippen LogP contribution in [-0.4, -0.2) is 7.11 Å². The Balaban J connectivity index is 2.36. The highest BCUT2D eigenvalue weighted by Gasteiger charge is 2.34. The smallest absolute Gasteiger partial charge is 0.376 e. The fraction of sp³-hybridized carbons (Fsp3) is 0.400. The zero-order valence-corrected chi connectivity index (χ0v) is 7.56. The summed E-state index contributed by atoms with van der Waals surface area (Å²) in [6, 6.07) is 3.81. The third-order valence-electron chi connectivity index (χ3n) is 2.51. The van der Waals surface area contributed by atoms with Gasteiger partial charge in [0, 0.05) is 13.5 Å². The maximum Gasteiger partial charge on any atom is 0.416 e. The fourth-order valence-electron chi connectivity index (χ4n) is 1.65. The molecule has 0 N–H and O–H groups in total. The molecule has 0 fully saturated rings. The third-order valence-corrected chi connectivity index (χ3v) is 2.51. The van der Waals surface area contributed by atoms with Crippen LogP contribution in [0.4, 0.5) is 13.2 Å². The Morgan fingerprint density at radius 2 is 2.07 bits per heavy atom. The van der Waals surface area contributed by atoms with E-state index in [9.17, 15) is 13.2 Å². The first kappa shape index (κ1) is 9.52. The van der Waals surface area contributed by atoms with E-state index in [1.807, 2.05) is 0 Å². The summed E-state index contributed by atoms with van der Waals surface area (Å²) < 4.78 is 42.0. The molecule has 1 nitrogen and oxygen atoms in total. The fourth-order valence-corrected chi connectivity index (χ4v) is 1.65. The molecule has 1 aliphatic carbocycles. The van der Waals surface area contributed by atoms with Crippen LogP contribution in [0.1, 0.15) is 22.8 Å². The summed E-state index contributed by atoms with van der Waals surface area (Å²) in [6.07, 6.45) is -3.71. The molecular weight excluding hydrogens is 193 g/mol. The summed E-state index contributed by atoms with van der Waals surface area (Å²) in [5, 5.41) is 0. The van der Waals surface area contributed by atoms with Crippen molar-refractivity contribution in [3.8, 4) is 0 Å². The Bertz CT molecular complexity index is 357. The van der Waals surface area contributed by atoms with Crippen LogP contribution in [0.25, 0.3) is 0 Å². The average molecular weight is 202 g/mol. The Kier molecular flexibility index (Phi) is 2.03. The first-order valence-electron chi connectivity index (χ1n) is 4.25. The van der Waals surface area contributed by atoms with Crippen molar-refractivity contribution in [2.75, 3.05) is 7.11 Å². The van der Waals surface area contributed by atoms with Crippen molar-refractivity contribution in [2.24, 2.45) is 0 Å². The number of alkyl halides is 3. The number of halogens is 3. The summed E-state index contributed by atoms with van der Waals surface area (Å²) in [5.74, 6) is 0. The Hall–Kier alpha value is -1.03. The molecule has 1 atom stereocenters. The highest BCUT2D eigenvalue weighted by atomic mass is 19.4. The van der Waals surface area contributed by atoms with E-state index in [4.69, 9.17) is 4.74 Å². The topological polar surface area (TPSA) is 9.23 Å². The lowest BCUT2D eigenvalue weighted by Gasteiger charge is -2.29. The normalized spacial score (nSPS) is 20.1. The maximum atomic E-state index is 12.3. The molecule has 0 saturated heterocycles. The molecule has 0 bridgehead atoms. The number of ether oxygens (including phenoxy) is 1. The van der Waals surface area contributed by atoms with E-state index in [-0.39, 0.29) is 6.10 Å². The summed E-state index contributed by atoms with van der Waals surface area (Å²) in [7, 11) is 1.51. The average Bonchev–Trinajstić information content (AvgIpc) is 2.05. The summed E-state index contributed by atoms with van der Waals surface area (Å²) >= 11 is 0. The lowest BCUT2D eigenvalue weighted by Crippen LogP contribution is -2.20. The van der Waals surface area contributed by atoms with Crippen molar-refractivity contribution in [1.82, 2.24) is 0 Å². The van der Waals surface area contributed by atoms with Crippen molar-refractivity contribution in [1.29, 1.82) is 0 Å². The zero-order valence-electron chi connectivity index (χ0n) is 7.56. The lowest BCUT2D eigenvalue weighted by atomic mass is 9.84. The van der Waals surface area contributed by atoms with E-state index in [1.54, 1.807) is 0 Å². The molecule has 1 unspecified atom stereocenters. The molecule has 1 aromatic rings.